The predicted octanol–water partition coefficient (Wildman–Crippen LogP) is 5.25. The van der Waals surface area contributed by atoms with E-state index in [2.05, 4.69) is 42.0 Å². The van der Waals surface area contributed by atoms with E-state index < -0.39 is 11.6 Å². The highest BCUT2D eigenvalue weighted by molar-refractivity contribution is 5.87. The summed E-state index contributed by atoms with van der Waals surface area (Å²) in [4.78, 5) is 22.3. The Morgan fingerprint density at radius 2 is 1.68 bits per heavy atom. The molecule has 0 saturated carbocycles. The maximum Gasteiger partial charge on any atom is 0.229 e. The molecule has 4 heterocycles. The van der Waals surface area contributed by atoms with Crippen LogP contribution in [-0.4, -0.2) is 67.0 Å². The fraction of sp³-hybridized carbons (Fsp3) is 0.429. The normalized spacial score (nSPS) is 15.1. The second-order valence-electron chi connectivity index (χ2n) is 10.1. The largest absolute Gasteiger partial charge is 0.325 e. The number of nitrogens with zero attached hydrogens (tertiary/aromatic N) is 7. The molecule has 1 N–H and O–H groups in total. The summed E-state index contributed by atoms with van der Waals surface area (Å²) in [6.45, 7) is 16.1. The van der Waals surface area contributed by atoms with Crippen LogP contribution in [0.15, 0.2) is 30.6 Å². The first-order valence-corrected chi connectivity index (χ1v) is 13.1. The van der Waals surface area contributed by atoms with Crippen LogP contribution in [0.1, 0.15) is 43.8 Å². The van der Waals surface area contributed by atoms with Crippen molar-refractivity contribution in [2.75, 3.05) is 38.0 Å². The molecular weight excluding hydrogens is 486 g/mol. The van der Waals surface area contributed by atoms with Crippen LogP contribution in [0.4, 0.5) is 20.5 Å². The molecule has 5 rings (SSSR count). The van der Waals surface area contributed by atoms with Crippen molar-refractivity contribution >= 4 is 22.8 Å². The SMILES string of the molecule is CCN1CCN(Cc2ccc(Nc3ncc(F)c(-c4cc(F)c5nc(C)n(C(C)C)c5c4C)n3)nc2)CC1. The Morgan fingerprint density at radius 1 is 0.947 bits per heavy atom. The highest BCUT2D eigenvalue weighted by Gasteiger charge is 2.22. The standard InChI is InChI=1S/C28H34F2N8/c1-6-36-9-11-37(12-10-36)16-20-7-8-24(31-14-20)34-28-32-15-23(30)25(35-28)21-13-22(29)26-27(18(21)4)38(17(2)3)19(5)33-26/h7-8,13-15,17H,6,9-12,16H2,1-5H3,(H,31,32,34,35). The number of pyridine rings is 1. The first-order chi connectivity index (χ1) is 18.2. The number of rotatable bonds is 7. The van der Waals surface area contributed by atoms with Gasteiger partial charge in [0, 0.05) is 50.5 Å². The number of aryl methyl sites for hydroxylation is 2. The van der Waals surface area contributed by atoms with Gasteiger partial charge in [0.2, 0.25) is 5.95 Å². The third-order valence-corrected chi connectivity index (χ3v) is 7.24. The number of hydrogen-bond donors (Lipinski definition) is 1. The second kappa shape index (κ2) is 10.7. The molecule has 3 aromatic heterocycles. The summed E-state index contributed by atoms with van der Waals surface area (Å²) in [5.41, 5.74) is 3.15. The highest BCUT2D eigenvalue weighted by atomic mass is 19.1. The monoisotopic (exact) mass is 520 g/mol. The molecule has 0 radical (unpaired) electrons. The number of halogens is 2. The van der Waals surface area contributed by atoms with Crippen LogP contribution >= 0.6 is 0 Å². The van der Waals surface area contributed by atoms with E-state index in [9.17, 15) is 4.39 Å². The molecule has 200 valence electrons. The van der Waals surface area contributed by atoms with E-state index in [0.29, 0.717) is 28.3 Å². The number of anilines is 2. The highest BCUT2D eigenvalue weighted by Crippen LogP contribution is 2.34. The first-order valence-electron chi connectivity index (χ1n) is 13.1. The van der Waals surface area contributed by atoms with Gasteiger partial charge in [0.25, 0.3) is 0 Å². The van der Waals surface area contributed by atoms with Gasteiger partial charge in [-0.15, -0.1) is 0 Å². The lowest BCUT2D eigenvalue weighted by atomic mass is 10.0. The van der Waals surface area contributed by atoms with E-state index in [1.165, 1.54) is 6.07 Å². The lowest BCUT2D eigenvalue weighted by Gasteiger charge is -2.33. The molecule has 0 atom stereocenters. The van der Waals surface area contributed by atoms with Crippen LogP contribution in [0, 0.1) is 25.5 Å². The zero-order chi connectivity index (χ0) is 27.0. The second-order valence-corrected chi connectivity index (χ2v) is 10.1. The molecule has 1 aliphatic rings. The third kappa shape index (κ3) is 5.10. The average molecular weight is 521 g/mol. The van der Waals surface area contributed by atoms with Crippen LogP contribution in [0.3, 0.4) is 0 Å². The Labute approximate surface area is 221 Å². The molecule has 0 unspecified atom stereocenters. The number of piperazine rings is 1. The van der Waals surface area contributed by atoms with Gasteiger partial charge in [-0.2, -0.15) is 0 Å². The van der Waals surface area contributed by atoms with Gasteiger partial charge in [0.05, 0.1) is 11.7 Å². The van der Waals surface area contributed by atoms with E-state index in [0.717, 1.165) is 51.0 Å². The van der Waals surface area contributed by atoms with Gasteiger partial charge in [-0.05, 0) is 57.5 Å². The average Bonchev–Trinajstić information content (AvgIpc) is 3.27. The molecule has 8 nitrogen and oxygen atoms in total. The Hall–Kier alpha value is -3.50. The minimum atomic E-state index is -0.629. The van der Waals surface area contributed by atoms with E-state index in [4.69, 9.17) is 0 Å². The van der Waals surface area contributed by atoms with Gasteiger partial charge in [-0.1, -0.05) is 13.0 Å². The Morgan fingerprint density at radius 3 is 2.34 bits per heavy atom. The third-order valence-electron chi connectivity index (χ3n) is 7.24. The van der Waals surface area contributed by atoms with Crippen LogP contribution in [0.2, 0.25) is 0 Å². The van der Waals surface area contributed by atoms with Crippen molar-refractivity contribution in [3.63, 3.8) is 0 Å². The van der Waals surface area contributed by atoms with Crippen LogP contribution in [0.25, 0.3) is 22.3 Å². The maximum absolute atomic E-state index is 15.1. The molecule has 0 spiro atoms. The molecule has 1 saturated heterocycles. The van der Waals surface area contributed by atoms with Crippen molar-refractivity contribution in [2.45, 2.75) is 47.2 Å². The van der Waals surface area contributed by atoms with Gasteiger partial charge < -0.3 is 14.8 Å². The van der Waals surface area contributed by atoms with Crippen LogP contribution in [-0.2, 0) is 6.54 Å². The number of fused-ring (bicyclic) bond motifs is 1. The summed E-state index contributed by atoms with van der Waals surface area (Å²) in [5.74, 6) is 0.303. The molecule has 38 heavy (non-hydrogen) atoms. The molecule has 0 amide bonds. The molecular formula is C28H34F2N8. The number of aromatic nitrogens is 5. The van der Waals surface area contributed by atoms with Crippen LogP contribution < -0.4 is 5.32 Å². The Kier molecular flexibility index (Phi) is 7.36. The number of imidazole rings is 1. The molecule has 0 aliphatic carbocycles. The van der Waals surface area contributed by atoms with Crippen molar-refractivity contribution in [1.29, 1.82) is 0 Å². The summed E-state index contributed by atoms with van der Waals surface area (Å²) in [7, 11) is 0. The number of hydrogen-bond acceptors (Lipinski definition) is 7. The number of benzene rings is 1. The zero-order valence-electron chi connectivity index (χ0n) is 22.6. The molecule has 1 fully saturated rings. The minimum Gasteiger partial charge on any atom is -0.325 e. The number of nitrogens with one attached hydrogen (secondary N) is 1. The lowest BCUT2D eigenvalue weighted by molar-refractivity contribution is 0.132. The lowest BCUT2D eigenvalue weighted by Crippen LogP contribution is -2.45. The molecule has 10 heteroatoms. The Balaban J connectivity index is 1.38. The van der Waals surface area contributed by atoms with Crippen LogP contribution in [0.5, 0.6) is 0 Å². The summed E-state index contributed by atoms with van der Waals surface area (Å²) in [5, 5.41) is 3.06. The topological polar surface area (TPSA) is 75.0 Å². The van der Waals surface area contributed by atoms with Gasteiger partial charge in [-0.3, -0.25) is 4.90 Å². The Bertz CT molecular complexity index is 1440. The quantitative estimate of drug-likeness (QED) is 0.357. The van der Waals surface area contributed by atoms with E-state index >= 15 is 4.39 Å². The van der Waals surface area contributed by atoms with Gasteiger partial charge in [0.15, 0.2) is 11.6 Å². The van der Waals surface area contributed by atoms with E-state index in [-0.39, 0.29) is 23.2 Å². The van der Waals surface area contributed by atoms with E-state index in [1.54, 1.807) is 0 Å². The van der Waals surface area contributed by atoms with Gasteiger partial charge in [0.1, 0.15) is 22.9 Å². The van der Waals surface area contributed by atoms with Crippen molar-refractivity contribution in [3.05, 3.63) is 59.2 Å². The first kappa shape index (κ1) is 26.1. The van der Waals surface area contributed by atoms with Crippen molar-refractivity contribution in [1.82, 2.24) is 34.3 Å². The minimum absolute atomic E-state index is 0.0257. The summed E-state index contributed by atoms with van der Waals surface area (Å²) in [6.07, 6.45) is 2.93. The maximum atomic E-state index is 15.1. The molecule has 1 aliphatic heterocycles. The van der Waals surface area contributed by atoms with Crippen molar-refractivity contribution in [3.8, 4) is 11.3 Å². The predicted molar refractivity (Wildman–Crippen MR) is 145 cm³/mol. The fourth-order valence-corrected chi connectivity index (χ4v) is 5.22. The summed E-state index contributed by atoms with van der Waals surface area (Å²) in [6, 6.07) is 5.26. The van der Waals surface area contributed by atoms with Gasteiger partial charge in [-0.25, -0.2) is 28.7 Å². The summed E-state index contributed by atoms with van der Waals surface area (Å²) >= 11 is 0. The molecule has 4 aromatic rings. The van der Waals surface area contributed by atoms with E-state index in [1.807, 2.05) is 50.6 Å². The van der Waals surface area contributed by atoms with Crippen molar-refractivity contribution < 1.29 is 8.78 Å². The zero-order valence-corrected chi connectivity index (χ0v) is 22.6. The fourth-order valence-electron chi connectivity index (χ4n) is 5.22. The van der Waals surface area contributed by atoms with Gasteiger partial charge >= 0.3 is 0 Å². The van der Waals surface area contributed by atoms with Crippen molar-refractivity contribution in [2.24, 2.45) is 0 Å². The molecule has 1 aromatic carbocycles. The number of likely N-dealkylation sites (N-methyl/N-ethyl adjacent to an activating group) is 1. The smallest absolute Gasteiger partial charge is 0.229 e. The summed E-state index contributed by atoms with van der Waals surface area (Å²) < 4.78 is 32.1. The molecule has 0 bridgehead atoms.